The average Bonchev–Trinajstić information content (AvgIpc) is 3.17. The molecule has 1 aliphatic heterocycles. The summed E-state index contributed by atoms with van der Waals surface area (Å²) >= 11 is 0. The van der Waals surface area contributed by atoms with E-state index in [0.29, 0.717) is 11.6 Å². The van der Waals surface area contributed by atoms with Gasteiger partial charge in [-0.15, -0.1) is 0 Å². The van der Waals surface area contributed by atoms with E-state index in [1.807, 2.05) is 48.7 Å². The highest BCUT2D eigenvalue weighted by molar-refractivity contribution is 6.03. The van der Waals surface area contributed by atoms with Gasteiger partial charge in [0.25, 0.3) is 0 Å². The highest BCUT2D eigenvalue weighted by Gasteiger charge is 2.42. The van der Waals surface area contributed by atoms with E-state index >= 15 is 0 Å². The summed E-state index contributed by atoms with van der Waals surface area (Å²) < 4.78 is 10.7. The molecule has 0 saturated heterocycles. The molecule has 0 radical (unpaired) electrons. The first kappa shape index (κ1) is 19.8. The van der Waals surface area contributed by atoms with Crippen molar-refractivity contribution in [3.63, 3.8) is 0 Å². The average molecular weight is 422 g/mol. The molecule has 158 valence electrons. The van der Waals surface area contributed by atoms with Crippen LogP contribution in [0.15, 0.2) is 96.2 Å². The SMILES string of the molecule is COc1ccc(C2(c3cccc(-c4cncc(OC)c4)c3)N=C(N)c3ccccc32)cc1. The van der Waals surface area contributed by atoms with Gasteiger partial charge in [0.05, 0.1) is 20.4 Å². The number of rotatable bonds is 5. The Bertz CT molecular complexity index is 1310. The molecule has 0 bridgehead atoms. The van der Waals surface area contributed by atoms with E-state index in [0.717, 1.165) is 39.1 Å². The van der Waals surface area contributed by atoms with Gasteiger partial charge in [0, 0.05) is 17.3 Å². The van der Waals surface area contributed by atoms with Gasteiger partial charge < -0.3 is 15.2 Å². The standard InChI is InChI=1S/C27H23N3O2/c1-31-22-12-10-20(11-13-22)27(25-9-4-3-8-24(25)26(28)30-27)21-7-5-6-18(14-21)19-15-23(32-2)17-29-16-19/h3-17H,1-2H3,(H2,28,30). The maximum atomic E-state index is 6.44. The van der Waals surface area contributed by atoms with E-state index in [-0.39, 0.29) is 0 Å². The van der Waals surface area contributed by atoms with Crippen LogP contribution in [0.1, 0.15) is 22.3 Å². The van der Waals surface area contributed by atoms with Gasteiger partial charge >= 0.3 is 0 Å². The van der Waals surface area contributed by atoms with Crippen LogP contribution < -0.4 is 15.2 Å². The number of methoxy groups -OCH3 is 2. The van der Waals surface area contributed by atoms with Crippen molar-refractivity contribution in [3.8, 4) is 22.6 Å². The molecule has 32 heavy (non-hydrogen) atoms. The van der Waals surface area contributed by atoms with Crippen molar-refractivity contribution in [1.29, 1.82) is 0 Å². The van der Waals surface area contributed by atoms with E-state index in [2.05, 4.69) is 41.4 Å². The molecule has 5 nitrogen and oxygen atoms in total. The van der Waals surface area contributed by atoms with Crippen molar-refractivity contribution in [2.75, 3.05) is 14.2 Å². The summed E-state index contributed by atoms with van der Waals surface area (Å²) in [5, 5.41) is 0. The van der Waals surface area contributed by atoms with Gasteiger partial charge in [0.15, 0.2) is 0 Å². The Labute approximate surface area is 187 Å². The number of aromatic nitrogens is 1. The minimum Gasteiger partial charge on any atom is -0.497 e. The van der Waals surface area contributed by atoms with Crippen LogP contribution >= 0.6 is 0 Å². The Kier molecular flexibility index (Phi) is 4.86. The molecule has 2 N–H and O–H groups in total. The zero-order valence-corrected chi connectivity index (χ0v) is 17.9. The van der Waals surface area contributed by atoms with Gasteiger partial charge in [-0.05, 0) is 46.5 Å². The summed E-state index contributed by atoms with van der Waals surface area (Å²) in [7, 11) is 3.31. The number of ether oxygens (including phenoxy) is 2. The second-order valence-corrected chi connectivity index (χ2v) is 7.68. The van der Waals surface area contributed by atoms with E-state index < -0.39 is 5.54 Å². The van der Waals surface area contributed by atoms with Crippen molar-refractivity contribution in [2.24, 2.45) is 10.7 Å². The maximum absolute atomic E-state index is 6.44. The monoisotopic (exact) mass is 421 g/mol. The largest absolute Gasteiger partial charge is 0.497 e. The van der Waals surface area contributed by atoms with Crippen molar-refractivity contribution < 1.29 is 9.47 Å². The fraction of sp³-hybridized carbons (Fsp3) is 0.111. The van der Waals surface area contributed by atoms with Crippen LogP contribution in [-0.4, -0.2) is 25.0 Å². The number of fused-ring (bicyclic) bond motifs is 1. The number of benzene rings is 3. The Morgan fingerprint density at radius 1 is 0.719 bits per heavy atom. The summed E-state index contributed by atoms with van der Waals surface area (Å²) in [5.74, 6) is 2.04. The molecule has 0 amide bonds. The van der Waals surface area contributed by atoms with E-state index in [1.54, 1.807) is 20.4 Å². The zero-order valence-electron chi connectivity index (χ0n) is 17.9. The molecular weight excluding hydrogens is 398 g/mol. The third-order valence-electron chi connectivity index (χ3n) is 5.95. The van der Waals surface area contributed by atoms with Crippen LogP contribution in [0.2, 0.25) is 0 Å². The molecule has 0 spiro atoms. The number of hydrogen-bond acceptors (Lipinski definition) is 5. The first-order chi connectivity index (χ1) is 15.7. The lowest BCUT2D eigenvalue weighted by atomic mass is 9.77. The van der Waals surface area contributed by atoms with E-state index in [1.165, 1.54) is 0 Å². The molecule has 1 aromatic heterocycles. The molecule has 3 aromatic carbocycles. The molecule has 0 fully saturated rings. The highest BCUT2D eigenvalue weighted by atomic mass is 16.5. The summed E-state index contributed by atoms with van der Waals surface area (Å²) in [6.07, 6.45) is 3.53. The third-order valence-corrected chi connectivity index (χ3v) is 5.95. The third kappa shape index (κ3) is 3.10. The summed E-state index contributed by atoms with van der Waals surface area (Å²) in [4.78, 5) is 9.38. The minimum atomic E-state index is -0.755. The van der Waals surface area contributed by atoms with Gasteiger partial charge in [-0.1, -0.05) is 54.6 Å². The van der Waals surface area contributed by atoms with Gasteiger partial charge in [-0.25, -0.2) is 4.99 Å². The first-order valence-electron chi connectivity index (χ1n) is 10.4. The molecule has 0 saturated carbocycles. The van der Waals surface area contributed by atoms with Crippen molar-refractivity contribution in [3.05, 3.63) is 114 Å². The van der Waals surface area contributed by atoms with Gasteiger partial charge in [0.1, 0.15) is 22.9 Å². The van der Waals surface area contributed by atoms with Crippen molar-refractivity contribution >= 4 is 5.84 Å². The minimum absolute atomic E-state index is 0.532. The van der Waals surface area contributed by atoms with Crippen LogP contribution in [0, 0.1) is 0 Å². The molecular formula is C27H23N3O2. The van der Waals surface area contributed by atoms with Gasteiger partial charge in [-0.3, -0.25) is 4.98 Å². The van der Waals surface area contributed by atoms with Crippen LogP contribution in [0.5, 0.6) is 11.5 Å². The lowest BCUT2D eigenvalue weighted by Gasteiger charge is -2.29. The predicted molar refractivity (Wildman–Crippen MR) is 126 cm³/mol. The van der Waals surface area contributed by atoms with E-state index in [4.69, 9.17) is 20.2 Å². The zero-order chi connectivity index (χ0) is 22.1. The lowest BCUT2D eigenvalue weighted by molar-refractivity contribution is 0.413. The smallest absolute Gasteiger partial charge is 0.139 e. The Balaban J connectivity index is 1.74. The highest BCUT2D eigenvalue weighted by Crippen LogP contribution is 2.46. The van der Waals surface area contributed by atoms with Gasteiger partial charge in [-0.2, -0.15) is 0 Å². The molecule has 1 atom stereocenters. The van der Waals surface area contributed by atoms with Gasteiger partial charge in [0.2, 0.25) is 0 Å². The fourth-order valence-corrected chi connectivity index (χ4v) is 4.37. The van der Waals surface area contributed by atoms with Crippen LogP contribution in [0.4, 0.5) is 0 Å². The molecule has 5 rings (SSSR count). The lowest BCUT2D eigenvalue weighted by Crippen LogP contribution is -2.25. The molecule has 1 aliphatic rings. The van der Waals surface area contributed by atoms with Crippen LogP contribution in [0.3, 0.4) is 0 Å². The maximum Gasteiger partial charge on any atom is 0.139 e. The molecule has 5 heteroatoms. The van der Waals surface area contributed by atoms with E-state index in [9.17, 15) is 0 Å². The summed E-state index contributed by atoms with van der Waals surface area (Å²) in [6, 6.07) is 26.5. The Morgan fingerprint density at radius 2 is 1.50 bits per heavy atom. The molecule has 2 heterocycles. The number of pyridine rings is 1. The first-order valence-corrected chi connectivity index (χ1v) is 10.4. The normalized spacial score (nSPS) is 16.9. The second-order valence-electron chi connectivity index (χ2n) is 7.68. The second kappa shape index (κ2) is 7.85. The van der Waals surface area contributed by atoms with Crippen LogP contribution in [0.25, 0.3) is 11.1 Å². The molecule has 1 unspecified atom stereocenters. The summed E-state index contributed by atoms with van der Waals surface area (Å²) in [5.41, 5.74) is 11.7. The topological polar surface area (TPSA) is 69.7 Å². The molecule has 4 aromatic rings. The number of nitrogens with two attached hydrogens (primary N) is 1. The number of amidine groups is 1. The summed E-state index contributed by atoms with van der Waals surface area (Å²) in [6.45, 7) is 0. The number of hydrogen-bond donors (Lipinski definition) is 1. The van der Waals surface area contributed by atoms with Crippen molar-refractivity contribution in [1.82, 2.24) is 4.98 Å². The Hall–Kier alpha value is -4.12. The molecule has 0 aliphatic carbocycles. The Morgan fingerprint density at radius 3 is 2.28 bits per heavy atom. The number of nitrogens with zero attached hydrogens (tertiary/aromatic N) is 2. The van der Waals surface area contributed by atoms with Crippen molar-refractivity contribution in [2.45, 2.75) is 5.54 Å². The fourth-order valence-electron chi connectivity index (χ4n) is 4.37. The quantitative estimate of drug-likeness (QED) is 0.504. The van der Waals surface area contributed by atoms with Crippen LogP contribution in [-0.2, 0) is 5.54 Å². The predicted octanol–water partition coefficient (Wildman–Crippen LogP) is 4.78. The number of aliphatic imine (C=N–C) groups is 1.